The van der Waals surface area contributed by atoms with Crippen LogP contribution < -0.4 is 4.57 Å². The lowest BCUT2D eigenvalue weighted by Crippen LogP contribution is -2.37. The average Bonchev–Trinajstić information content (AvgIpc) is 2.60. The standard InChI is InChI=1S/C20H17F3N.BF4/c1-14-12-17(16-6-4-3-5-7-16)13-15(2)24(14)19-10-8-18(9-11-19)20(21,22)23;2-1(3,4)5/h3-13H,1-2H3;/q+1;-1. The molecule has 0 saturated heterocycles. The first-order valence-electron chi connectivity index (χ1n) is 8.50. The van der Waals surface area contributed by atoms with E-state index in [0.29, 0.717) is 0 Å². The fourth-order valence-corrected chi connectivity index (χ4v) is 2.90. The first-order chi connectivity index (χ1) is 13.4. The lowest BCUT2D eigenvalue weighted by molar-refractivity contribution is -0.609. The van der Waals surface area contributed by atoms with E-state index in [4.69, 9.17) is 0 Å². The Hall–Kier alpha value is -2.84. The van der Waals surface area contributed by atoms with Crippen LogP contribution in [-0.4, -0.2) is 7.25 Å². The molecule has 1 heterocycles. The van der Waals surface area contributed by atoms with E-state index >= 15 is 0 Å². The fraction of sp³-hybridized carbons (Fsp3) is 0.150. The zero-order valence-corrected chi connectivity index (χ0v) is 15.5. The van der Waals surface area contributed by atoms with Gasteiger partial charge in [0.2, 0.25) is 5.69 Å². The van der Waals surface area contributed by atoms with Gasteiger partial charge in [-0.05, 0) is 23.3 Å². The quantitative estimate of drug-likeness (QED) is 0.253. The van der Waals surface area contributed by atoms with Crippen molar-refractivity contribution in [3.63, 3.8) is 0 Å². The Bertz CT molecular complexity index is 920. The molecule has 0 radical (unpaired) electrons. The number of aryl methyl sites for hydroxylation is 2. The Labute approximate surface area is 163 Å². The summed E-state index contributed by atoms with van der Waals surface area (Å²) >= 11 is 0. The number of hydrogen-bond donors (Lipinski definition) is 0. The predicted octanol–water partition coefficient (Wildman–Crippen LogP) is 6.57. The van der Waals surface area contributed by atoms with Crippen molar-refractivity contribution < 1.29 is 35.0 Å². The van der Waals surface area contributed by atoms with E-state index < -0.39 is 19.0 Å². The summed E-state index contributed by atoms with van der Waals surface area (Å²) in [6.45, 7) is 3.91. The highest BCUT2D eigenvalue weighted by Gasteiger charge is 2.30. The molecule has 0 bridgehead atoms. The van der Waals surface area contributed by atoms with Gasteiger partial charge in [-0.15, -0.1) is 0 Å². The number of aromatic nitrogens is 1. The highest BCUT2D eigenvalue weighted by molar-refractivity contribution is 6.50. The molecule has 3 aromatic rings. The topological polar surface area (TPSA) is 3.88 Å². The summed E-state index contributed by atoms with van der Waals surface area (Å²) < 4.78 is 79.1. The summed E-state index contributed by atoms with van der Waals surface area (Å²) in [5.41, 5.74) is 4.22. The largest absolute Gasteiger partial charge is 0.673 e. The first kappa shape index (κ1) is 22.5. The fourth-order valence-electron chi connectivity index (χ4n) is 2.90. The van der Waals surface area contributed by atoms with Gasteiger partial charge in [0.05, 0.1) is 5.56 Å². The average molecular weight is 415 g/mol. The minimum absolute atomic E-state index is 0.636. The highest BCUT2D eigenvalue weighted by atomic mass is 19.5. The van der Waals surface area contributed by atoms with Gasteiger partial charge < -0.3 is 17.3 Å². The molecule has 0 spiro atoms. The molecule has 0 aliphatic heterocycles. The Kier molecular flexibility index (Phi) is 6.71. The number of benzene rings is 2. The second kappa shape index (κ2) is 8.67. The number of nitrogens with zero attached hydrogens (tertiary/aromatic N) is 1. The second-order valence-corrected chi connectivity index (χ2v) is 6.27. The molecule has 2 aromatic carbocycles. The van der Waals surface area contributed by atoms with Crippen LogP contribution in [0.4, 0.5) is 30.4 Å². The Morgan fingerprint density at radius 3 is 1.55 bits per heavy atom. The van der Waals surface area contributed by atoms with Gasteiger partial charge >= 0.3 is 13.4 Å². The van der Waals surface area contributed by atoms with Gasteiger partial charge in [-0.25, -0.2) is 0 Å². The lowest BCUT2D eigenvalue weighted by atomic mass is 10.0. The molecule has 29 heavy (non-hydrogen) atoms. The molecular weight excluding hydrogens is 398 g/mol. The molecule has 0 atom stereocenters. The molecule has 9 heteroatoms. The van der Waals surface area contributed by atoms with Crippen LogP contribution in [0, 0.1) is 13.8 Å². The van der Waals surface area contributed by atoms with Crippen LogP contribution in [0.15, 0.2) is 66.7 Å². The summed E-state index contributed by atoms with van der Waals surface area (Å²) in [4.78, 5) is 0. The maximum atomic E-state index is 12.7. The van der Waals surface area contributed by atoms with Gasteiger partial charge in [-0.1, -0.05) is 30.3 Å². The van der Waals surface area contributed by atoms with Gasteiger partial charge in [-0.3, -0.25) is 0 Å². The van der Waals surface area contributed by atoms with Crippen molar-refractivity contribution in [1.82, 2.24) is 0 Å². The molecule has 1 nitrogen and oxygen atoms in total. The van der Waals surface area contributed by atoms with E-state index in [1.54, 1.807) is 0 Å². The van der Waals surface area contributed by atoms with Crippen molar-refractivity contribution in [1.29, 1.82) is 0 Å². The Morgan fingerprint density at radius 1 is 0.690 bits per heavy atom. The summed E-state index contributed by atoms with van der Waals surface area (Å²) in [5.74, 6) is 0. The monoisotopic (exact) mass is 415 g/mol. The van der Waals surface area contributed by atoms with Gasteiger partial charge in [0.25, 0.3) is 0 Å². The van der Waals surface area contributed by atoms with Gasteiger partial charge in [0.15, 0.2) is 11.4 Å². The summed E-state index contributed by atoms with van der Waals surface area (Å²) in [5, 5.41) is 0. The van der Waals surface area contributed by atoms with E-state index in [1.807, 2.05) is 60.9 Å². The van der Waals surface area contributed by atoms with Crippen LogP contribution in [0.5, 0.6) is 0 Å². The molecule has 0 aliphatic carbocycles. The summed E-state index contributed by atoms with van der Waals surface area (Å²) in [6.07, 6.45) is -4.32. The zero-order valence-electron chi connectivity index (χ0n) is 15.5. The summed E-state index contributed by atoms with van der Waals surface area (Å²) in [7, 11) is -6.00. The molecule has 3 rings (SSSR count). The number of alkyl halides is 3. The van der Waals surface area contributed by atoms with Crippen LogP contribution in [0.3, 0.4) is 0 Å². The molecule has 0 N–H and O–H groups in total. The molecule has 0 aliphatic rings. The van der Waals surface area contributed by atoms with Crippen LogP contribution >= 0.6 is 0 Å². The number of halogens is 7. The third-order valence-corrected chi connectivity index (χ3v) is 3.99. The molecule has 0 amide bonds. The van der Waals surface area contributed by atoms with Crippen LogP contribution in [0.25, 0.3) is 16.8 Å². The minimum atomic E-state index is -6.00. The van der Waals surface area contributed by atoms with Crippen molar-refractivity contribution in [3.05, 3.63) is 83.7 Å². The molecule has 154 valence electrons. The Morgan fingerprint density at radius 2 is 1.14 bits per heavy atom. The van der Waals surface area contributed by atoms with E-state index in [2.05, 4.69) is 0 Å². The van der Waals surface area contributed by atoms with Crippen LogP contribution in [0.1, 0.15) is 17.0 Å². The second-order valence-electron chi connectivity index (χ2n) is 6.27. The van der Waals surface area contributed by atoms with Crippen molar-refractivity contribution in [2.75, 3.05) is 0 Å². The molecule has 0 unspecified atom stereocenters. The maximum absolute atomic E-state index is 12.7. The summed E-state index contributed by atoms with van der Waals surface area (Å²) in [6, 6.07) is 19.3. The van der Waals surface area contributed by atoms with E-state index in [-0.39, 0.29) is 0 Å². The lowest BCUT2D eigenvalue weighted by Gasteiger charge is -2.09. The van der Waals surface area contributed by atoms with Crippen molar-refractivity contribution in [2.24, 2.45) is 0 Å². The molecule has 0 fully saturated rings. The normalized spacial score (nSPS) is 11.6. The first-order valence-corrected chi connectivity index (χ1v) is 8.50. The van der Waals surface area contributed by atoms with E-state index in [9.17, 15) is 30.4 Å². The maximum Gasteiger partial charge on any atom is 0.673 e. The van der Waals surface area contributed by atoms with Crippen molar-refractivity contribution in [2.45, 2.75) is 20.0 Å². The van der Waals surface area contributed by atoms with Crippen LogP contribution in [-0.2, 0) is 6.18 Å². The van der Waals surface area contributed by atoms with Crippen molar-refractivity contribution in [3.8, 4) is 16.8 Å². The van der Waals surface area contributed by atoms with Gasteiger partial charge in [0, 0.05) is 38.1 Å². The molecule has 0 saturated carbocycles. The smallest absolute Gasteiger partial charge is 0.418 e. The highest BCUT2D eigenvalue weighted by Crippen LogP contribution is 2.29. The third-order valence-electron chi connectivity index (χ3n) is 3.99. The van der Waals surface area contributed by atoms with Gasteiger partial charge in [0.1, 0.15) is 0 Å². The SMILES string of the molecule is Cc1cc(-c2ccccc2)cc(C)[n+]1-c1ccc(C(F)(F)F)cc1.F[B-](F)(F)F. The zero-order chi connectivity index (χ0) is 21.8. The predicted molar refractivity (Wildman–Crippen MR) is 98.1 cm³/mol. The molecular formula is C20H17BF7N. The van der Waals surface area contributed by atoms with E-state index in [0.717, 1.165) is 40.3 Å². The number of rotatable bonds is 2. The number of hydrogen-bond acceptors (Lipinski definition) is 0. The van der Waals surface area contributed by atoms with Gasteiger partial charge in [-0.2, -0.15) is 17.7 Å². The molecule has 1 aromatic heterocycles. The Balaban J connectivity index is 0.000000537. The van der Waals surface area contributed by atoms with Crippen LogP contribution in [0.2, 0.25) is 0 Å². The van der Waals surface area contributed by atoms with E-state index in [1.165, 1.54) is 12.1 Å². The third kappa shape index (κ3) is 6.62. The number of pyridine rings is 1. The van der Waals surface area contributed by atoms with Crippen molar-refractivity contribution >= 4 is 7.25 Å². The minimum Gasteiger partial charge on any atom is -0.418 e.